The average Bonchev–Trinajstić information content (AvgIpc) is 2.43. The van der Waals surface area contributed by atoms with Crippen molar-refractivity contribution in [1.82, 2.24) is 9.97 Å². The number of rotatable bonds is 0. The summed E-state index contributed by atoms with van der Waals surface area (Å²) in [5, 5.41) is 16.7. The predicted molar refractivity (Wildman–Crippen MR) is 79.4 cm³/mol. The summed E-state index contributed by atoms with van der Waals surface area (Å²) >= 11 is 2.03. The Morgan fingerprint density at radius 3 is 2.11 bits per heavy atom. The van der Waals surface area contributed by atoms with E-state index in [0.717, 1.165) is 3.57 Å². The summed E-state index contributed by atoms with van der Waals surface area (Å²) in [6.45, 7) is 0. The molecule has 0 aliphatic heterocycles. The van der Waals surface area contributed by atoms with E-state index in [1.54, 1.807) is 18.2 Å². The maximum absolute atomic E-state index is 8.42. The van der Waals surface area contributed by atoms with E-state index in [1.807, 2.05) is 34.7 Å². The lowest BCUT2D eigenvalue weighted by Gasteiger charge is -1.94. The Balaban J connectivity index is 0.000000191. The second kappa shape index (κ2) is 7.13. The fourth-order valence-corrected chi connectivity index (χ4v) is 1.46. The largest absolute Gasteiger partial charge is 0.384 e. The van der Waals surface area contributed by atoms with Gasteiger partial charge in [0.15, 0.2) is 0 Å². The third kappa shape index (κ3) is 4.77. The van der Waals surface area contributed by atoms with E-state index in [0.29, 0.717) is 22.8 Å². The van der Waals surface area contributed by atoms with Gasteiger partial charge in [0, 0.05) is 12.4 Å². The number of nitrogens with zero attached hydrogens (tertiary/aromatic N) is 4. The molecule has 0 unspecified atom stereocenters. The highest BCUT2D eigenvalue weighted by molar-refractivity contribution is 14.1. The van der Waals surface area contributed by atoms with Crippen molar-refractivity contribution in [3.63, 3.8) is 0 Å². The van der Waals surface area contributed by atoms with Gasteiger partial charge in [-0.05, 0) is 40.8 Å². The molecule has 2 heterocycles. The Kier molecular flexibility index (Phi) is 5.51. The van der Waals surface area contributed by atoms with Gasteiger partial charge in [-0.2, -0.15) is 10.5 Å². The molecule has 0 aromatic carbocycles. The van der Waals surface area contributed by atoms with Gasteiger partial charge in [0.05, 0.1) is 14.7 Å². The molecule has 94 valence electrons. The van der Waals surface area contributed by atoms with Gasteiger partial charge in [0.2, 0.25) is 0 Å². The predicted octanol–water partition coefficient (Wildman–Crippen LogP) is 1.68. The van der Waals surface area contributed by atoms with Gasteiger partial charge in [0.25, 0.3) is 0 Å². The van der Waals surface area contributed by atoms with Crippen LogP contribution in [0, 0.1) is 26.2 Å². The van der Waals surface area contributed by atoms with Crippen molar-refractivity contribution in [2.24, 2.45) is 0 Å². The number of hydrogen-bond donors (Lipinski definition) is 2. The lowest BCUT2D eigenvalue weighted by molar-refractivity contribution is 1.29. The van der Waals surface area contributed by atoms with Crippen LogP contribution in [0.1, 0.15) is 11.1 Å². The lowest BCUT2D eigenvalue weighted by Crippen LogP contribution is -1.93. The fourth-order valence-electron chi connectivity index (χ4n) is 0.981. The Morgan fingerprint density at radius 2 is 1.63 bits per heavy atom. The summed E-state index contributed by atoms with van der Waals surface area (Å²) in [6, 6.07) is 8.83. The van der Waals surface area contributed by atoms with E-state index in [-0.39, 0.29) is 0 Å². The monoisotopic (exact) mass is 364 g/mol. The molecule has 7 heteroatoms. The fraction of sp³-hybridized carbons (Fsp3) is 0. The molecule has 0 bridgehead atoms. The zero-order valence-electron chi connectivity index (χ0n) is 9.71. The molecule has 2 rings (SSSR count). The molecule has 0 aliphatic carbocycles. The van der Waals surface area contributed by atoms with E-state index in [4.69, 9.17) is 22.0 Å². The number of nitrogens with two attached hydrogens (primary N) is 2. The van der Waals surface area contributed by atoms with Gasteiger partial charge in [-0.1, -0.05) is 0 Å². The molecule has 0 fully saturated rings. The molecule has 6 nitrogen and oxygen atoms in total. The minimum Gasteiger partial charge on any atom is -0.384 e. The minimum atomic E-state index is 0.439. The quantitative estimate of drug-likeness (QED) is 0.685. The van der Waals surface area contributed by atoms with Gasteiger partial charge in [0.1, 0.15) is 23.8 Å². The Bertz CT molecular complexity index is 639. The number of pyridine rings is 2. The highest BCUT2D eigenvalue weighted by Gasteiger charge is 1.96. The van der Waals surface area contributed by atoms with Crippen LogP contribution in [0.25, 0.3) is 0 Å². The van der Waals surface area contributed by atoms with E-state index in [1.165, 1.54) is 12.4 Å². The Labute approximate surface area is 123 Å². The SMILES string of the molecule is N#Cc1ccc(N)nc1.N#Cc1cnc(N)c(I)c1. The van der Waals surface area contributed by atoms with Crippen molar-refractivity contribution in [1.29, 1.82) is 10.5 Å². The first-order valence-corrected chi connectivity index (χ1v) is 6.07. The molecule has 4 N–H and O–H groups in total. The maximum Gasteiger partial charge on any atom is 0.136 e. The molecule has 19 heavy (non-hydrogen) atoms. The van der Waals surface area contributed by atoms with Crippen LogP contribution in [-0.4, -0.2) is 9.97 Å². The van der Waals surface area contributed by atoms with Gasteiger partial charge < -0.3 is 11.5 Å². The number of hydrogen-bond acceptors (Lipinski definition) is 6. The van der Waals surface area contributed by atoms with E-state index in [2.05, 4.69) is 9.97 Å². The Hall–Kier alpha value is -2.39. The van der Waals surface area contributed by atoms with Crippen LogP contribution in [0.15, 0.2) is 30.6 Å². The van der Waals surface area contributed by atoms with Crippen LogP contribution in [-0.2, 0) is 0 Å². The third-order valence-corrected chi connectivity index (χ3v) is 2.78. The zero-order valence-corrected chi connectivity index (χ0v) is 11.9. The molecule has 0 amide bonds. The normalized spacial score (nSPS) is 8.58. The van der Waals surface area contributed by atoms with Crippen molar-refractivity contribution >= 4 is 34.2 Å². The molecule has 0 saturated carbocycles. The lowest BCUT2D eigenvalue weighted by atomic mass is 10.3. The zero-order chi connectivity index (χ0) is 14.3. The minimum absolute atomic E-state index is 0.439. The summed E-state index contributed by atoms with van der Waals surface area (Å²) in [6.07, 6.45) is 2.90. The van der Waals surface area contributed by atoms with E-state index < -0.39 is 0 Å². The summed E-state index contributed by atoms with van der Waals surface area (Å²) in [7, 11) is 0. The molecular weight excluding hydrogens is 355 g/mol. The second-order valence-electron chi connectivity index (χ2n) is 3.29. The summed E-state index contributed by atoms with van der Waals surface area (Å²) in [4.78, 5) is 7.50. The first kappa shape index (κ1) is 14.7. The molecule has 0 spiro atoms. The maximum atomic E-state index is 8.42. The molecule has 0 saturated heterocycles. The molecule has 0 radical (unpaired) electrons. The number of nitriles is 2. The van der Waals surface area contributed by atoms with Crippen LogP contribution in [0.2, 0.25) is 0 Å². The number of nitrogen functional groups attached to an aromatic ring is 2. The summed E-state index contributed by atoms with van der Waals surface area (Å²) in [5.41, 5.74) is 11.7. The molecule has 2 aromatic heterocycles. The van der Waals surface area contributed by atoms with Gasteiger partial charge in [-0.25, -0.2) is 9.97 Å². The van der Waals surface area contributed by atoms with Crippen molar-refractivity contribution in [3.05, 3.63) is 45.3 Å². The van der Waals surface area contributed by atoms with Crippen LogP contribution >= 0.6 is 22.6 Å². The molecule has 2 aromatic rings. The first-order valence-electron chi connectivity index (χ1n) is 4.99. The average molecular weight is 364 g/mol. The van der Waals surface area contributed by atoms with Crippen molar-refractivity contribution in [2.45, 2.75) is 0 Å². The van der Waals surface area contributed by atoms with Crippen LogP contribution in [0.5, 0.6) is 0 Å². The van der Waals surface area contributed by atoms with Gasteiger partial charge in [-0.3, -0.25) is 0 Å². The summed E-state index contributed by atoms with van der Waals surface area (Å²) in [5.74, 6) is 0.911. The summed E-state index contributed by atoms with van der Waals surface area (Å²) < 4.78 is 0.816. The second-order valence-corrected chi connectivity index (χ2v) is 4.45. The van der Waals surface area contributed by atoms with Crippen molar-refractivity contribution in [3.8, 4) is 12.1 Å². The topological polar surface area (TPSA) is 125 Å². The Morgan fingerprint density at radius 1 is 1.00 bits per heavy atom. The van der Waals surface area contributed by atoms with E-state index in [9.17, 15) is 0 Å². The smallest absolute Gasteiger partial charge is 0.136 e. The number of halogens is 1. The first-order chi connectivity index (χ1) is 9.06. The van der Waals surface area contributed by atoms with E-state index >= 15 is 0 Å². The van der Waals surface area contributed by atoms with Crippen molar-refractivity contribution in [2.75, 3.05) is 11.5 Å². The standard InChI is InChI=1S/C6H4IN3.C6H5N3/c7-5-1-4(2-8)3-10-6(5)9;7-3-5-1-2-6(8)9-4-5/h1,3H,(H2,9,10);1-2,4H,(H2,8,9). The third-order valence-electron chi connectivity index (χ3n) is 1.91. The highest BCUT2D eigenvalue weighted by Crippen LogP contribution is 2.11. The van der Waals surface area contributed by atoms with Crippen molar-refractivity contribution < 1.29 is 0 Å². The van der Waals surface area contributed by atoms with Crippen LogP contribution in [0.3, 0.4) is 0 Å². The number of aromatic nitrogens is 2. The molecular formula is C12H9IN6. The number of anilines is 2. The highest BCUT2D eigenvalue weighted by atomic mass is 127. The molecule has 0 aliphatic rings. The molecule has 0 atom stereocenters. The van der Waals surface area contributed by atoms with Crippen LogP contribution in [0.4, 0.5) is 11.6 Å². The van der Waals surface area contributed by atoms with Crippen LogP contribution < -0.4 is 11.5 Å². The van der Waals surface area contributed by atoms with Gasteiger partial charge >= 0.3 is 0 Å². The van der Waals surface area contributed by atoms with Gasteiger partial charge in [-0.15, -0.1) is 0 Å².